The molecule has 1 unspecified atom stereocenters. The van der Waals surface area contributed by atoms with Gasteiger partial charge in [0.1, 0.15) is 5.78 Å². The van der Waals surface area contributed by atoms with Crippen LogP contribution in [0.2, 0.25) is 0 Å². The number of carbonyl (C=O) groups excluding carboxylic acids is 4. The van der Waals surface area contributed by atoms with Gasteiger partial charge in [-0.05, 0) is 56.0 Å². The van der Waals surface area contributed by atoms with Crippen LogP contribution in [0, 0.1) is 6.92 Å². The number of imide groups is 1. The molecule has 8 nitrogen and oxygen atoms in total. The first-order valence-corrected chi connectivity index (χ1v) is 12.3. The van der Waals surface area contributed by atoms with Gasteiger partial charge in [0.25, 0.3) is 21.8 Å². The van der Waals surface area contributed by atoms with Crippen molar-refractivity contribution in [2.75, 3.05) is 4.72 Å². The molecule has 0 aromatic heterocycles. The van der Waals surface area contributed by atoms with Gasteiger partial charge < -0.3 is 0 Å². The summed E-state index contributed by atoms with van der Waals surface area (Å²) >= 11 is 0. The molecule has 1 fully saturated rings. The van der Waals surface area contributed by atoms with Crippen molar-refractivity contribution in [3.63, 3.8) is 0 Å². The molecule has 1 heterocycles. The maximum absolute atomic E-state index is 13.2. The maximum Gasteiger partial charge on any atom is 0.262 e. The van der Waals surface area contributed by atoms with Crippen molar-refractivity contribution in [2.24, 2.45) is 0 Å². The number of sulfonamides is 1. The predicted octanol–water partition coefficient (Wildman–Crippen LogP) is 3.25. The average molecular weight is 469 g/mol. The molecule has 33 heavy (non-hydrogen) atoms. The third kappa shape index (κ3) is 4.45. The summed E-state index contributed by atoms with van der Waals surface area (Å²) in [4.78, 5) is 51.9. The molecule has 1 saturated carbocycles. The van der Waals surface area contributed by atoms with Gasteiger partial charge in [0, 0.05) is 24.9 Å². The van der Waals surface area contributed by atoms with Crippen molar-refractivity contribution in [2.45, 2.75) is 56.4 Å². The molecule has 9 heteroatoms. The predicted molar refractivity (Wildman–Crippen MR) is 120 cm³/mol. The van der Waals surface area contributed by atoms with Gasteiger partial charge in [0.2, 0.25) is 0 Å². The largest absolute Gasteiger partial charge is 0.300 e. The number of benzene rings is 2. The lowest BCUT2D eigenvalue weighted by molar-refractivity contribution is -0.123. The molecule has 0 bridgehead atoms. The number of carbonyl (C=O) groups is 4. The van der Waals surface area contributed by atoms with E-state index in [1.54, 1.807) is 25.1 Å². The first-order valence-electron chi connectivity index (χ1n) is 10.8. The Balaban J connectivity index is 1.62. The number of nitrogens with zero attached hydrogens (tertiary/aromatic N) is 1. The van der Waals surface area contributed by atoms with E-state index in [0.29, 0.717) is 24.8 Å². The Hall–Kier alpha value is -3.33. The molecule has 0 radical (unpaired) electrons. The number of nitrogens with one attached hydrogen (secondary N) is 1. The molecule has 1 atom stereocenters. The number of Topliss-reactive ketones (excluding diaryl/α,β-unsaturated/α-hetero) is 2. The van der Waals surface area contributed by atoms with Crippen molar-refractivity contribution in [1.82, 2.24) is 4.90 Å². The Labute approximate surface area is 192 Å². The van der Waals surface area contributed by atoms with Crippen LogP contribution in [0.5, 0.6) is 0 Å². The Kier molecular flexibility index (Phi) is 6.16. The van der Waals surface area contributed by atoms with E-state index in [9.17, 15) is 27.6 Å². The number of amides is 2. The van der Waals surface area contributed by atoms with E-state index in [4.69, 9.17) is 0 Å². The minimum absolute atomic E-state index is 0.0132. The van der Waals surface area contributed by atoms with Gasteiger partial charge in [-0.15, -0.1) is 0 Å². The molecule has 2 aromatic carbocycles. The van der Waals surface area contributed by atoms with Crippen molar-refractivity contribution in [1.29, 1.82) is 0 Å². The van der Waals surface area contributed by atoms with Gasteiger partial charge in [-0.1, -0.05) is 18.2 Å². The van der Waals surface area contributed by atoms with Gasteiger partial charge in [-0.2, -0.15) is 0 Å². The molecule has 1 aliphatic carbocycles. The number of anilines is 1. The minimum Gasteiger partial charge on any atom is -0.300 e. The zero-order chi connectivity index (χ0) is 23.8. The maximum atomic E-state index is 13.2. The first-order chi connectivity index (χ1) is 15.7. The van der Waals surface area contributed by atoms with E-state index in [1.165, 1.54) is 24.3 Å². The lowest BCUT2D eigenvalue weighted by Gasteiger charge is -2.24. The average Bonchev–Trinajstić information content (AvgIpc) is 3.05. The van der Waals surface area contributed by atoms with E-state index >= 15 is 0 Å². The summed E-state index contributed by atoms with van der Waals surface area (Å²) in [6.07, 6.45) is 1.99. The van der Waals surface area contributed by atoms with Crippen LogP contribution >= 0.6 is 0 Å². The van der Waals surface area contributed by atoms with Gasteiger partial charge in [-0.3, -0.25) is 28.8 Å². The summed E-state index contributed by atoms with van der Waals surface area (Å²) in [5, 5.41) is 0. The zero-order valence-electron chi connectivity index (χ0n) is 18.2. The van der Waals surface area contributed by atoms with Crippen molar-refractivity contribution >= 4 is 39.1 Å². The molecule has 0 spiro atoms. The fourth-order valence-electron chi connectivity index (χ4n) is 4.32. The smallest absolute Gasteiger partial charge is 0.262 e. The van der Waals surface area contributed by atoms with Gasteiger partial charge >= 0.3 is 0 Å². The lowest BCUT2D eigenvalue weighted by Crippen LogP contribution is -2.45. The van der Waals surface area contributed by atoms with Crippen molar-refractivity contribution in [3.8, 4) is 0 Å². The Morgan fingerprint density at radius 1 is 0.879 bits per heavy atom. The van der Waals surface area contributed by atoms with Crippen LogP contribution < -0.4 is 4.72 Å². The minimum atomic E-state index is -3.91. The Bertz CT molecular complexity index is 1270. The Morgan fingerprint density at radius 2 is 1.58 bits per heavy atom. The third-order valence-corrected chi connectivity index (χ3v) is 7.60. The summed E-state index contributed by atoms with van der Waals surface area (Å²) in [6.45, 7) is 1.68. The van der Waals surface area contributed by atoms with Crippen LogP contribution in [0.15, 0.2) is 47.4 Å². The number of fused-ring (bicyclic) bond motifs is 1. The van der Waals surface area contributed by atoms with Crippen molar-refractivity contribution < 1.29 is 27.6 Å². The van der Waals surface area contributed by atoms with Crippen LogP contribution in [0.25, 0.3) is 0 Å². The highest BCUT2D eigenvalue weighted by molar-refractivity contribution is 7.92. The molecule has 0 saturated heterocycles. The summed E-state index contributed by atoms with van der Waals surface area (Å²) in [6, 6.07) is 9.62. The molecular weight excluding hydrogens is 444 g/mol. The van der Waals surface area contributed by atoms with E-state index in [0.717, 1.165) is 4.90 Å². The van der Waals surface area contributed by atoms with Crippen LogP contribution in [0.4, 0.5) is 5.69 Å². The lowest BCUT2D eigenvalue weighted by atomic mass is 10.0. The molecule has 4 rings (SSSR count). The molecule has 172 valence electrons. The highest BCUT2D eigenvalue weighted by Gasteiger charge is 2.42. The quantitative estimate of drug-likeness (QED) is 0.689. The fraction of sp³-hybridized carbons (Fsp3) is 0.333. The van der Waals surface area contributed by atoms with Crippen LogP contribution in [-0.4, -0.2) is 42.7 Å². The van der Waals surface area contributed by atoms with E-state index < -0.39 is 27.9 Å². The molecule has 1 N–H and O–H groups in total. The summed E-state index contributed by atoms with van der Waals surface area (Å²) in [5.41, 5.74) is 0.842. The number of rotatable bonds is 4. The van der Waals surface area contributed by atoms with Gasteiger partial charge in [-0.25, -0.2) is 8.42 Å². The Morgan fingerprint density at radius 3 is 2.33 bits per heavy atom. The normalized spacial score (nSPS) is 19.7. The topological polar surface area (TPSA) is 118 Å². The highest BCUT2D eigenvalue weighted by atomic mass is 32.2. The molecular formula is C24H24N2O6S. The second-order valence-electron chi connectivity index (χ2n) is 8.38. The SMILES string of the molecule is Cc1ccccc1S(=O)(=O)Nc1ccc2c(c1)C(=O)N(C1CCC(=O)CCCCC1=O)C2=O. The number of ketones is 2. The third-order valence-electron chi connectivity index (χ3n) is 6.06. The highest BCUT2D eigenvalue weighted by Crippen LogP contribution is 2.31. The first kappa shape index (κ1) is 22.8. The number of aryl methyl sites for hydroxylation is 1. The monoisotopic (exact) mass is 468 g/mol. The number of hydrogen-bond acceptors (Lipinski definition) is 6. The molecule has 2 aliphatic rings. The second kappa shape index (κ2) is 8.90. The second-order valence-corrected chi connectivity index (χ2v) is 10.0. The molecule has 2 amide bonds. The summed E-state index contributed by atoms with van der Waals surface area (Å²) in [5.74, 6) is -1.48. The fourth-order valence-corrected chi connectivity index (χ4v) is 5.62. The van der Waals surface area contributed by atoms with Crippen LogP contribution in [-0.2, 0) is 19.6 Å². The zero-order valence-corrected chi connectivity index (χ0v) is 19.0. The van der Waals surface area contributed by atoms with E-state index in [-0.39, 0.29) is 52.5 Å². The van der Waals surface area contributed by atoms with E-state index in [1.807, 2.05) is 0 Å². The van der Waals surface area contributed by atoms with E-state index in [2.05, 4.69) is 4.72 Å². The van der Waals surface area contributed by atoms with Gasteiger partial charge in [0.05, 0.1) is 22.1 Å². The summed E-state index contributed by atoms with van der Waals surface area (Å²) < 4.78 is 28.1. The van der Waals surface area contributed by atoms with Gasteiger partial charge in [0.15, 0.2) is 5.78 Å². The molecule has 1 aliphatic heterocycles. The van der Waals surface area contributed by atoms with Crippen LogP contribution in [0.3, 0.4) is 0 Å². The summed E-state index contributed by atoms with van der Waals surface area (Å²) in [7, 11) is -3.91. The van der Waals surface area contributed by atoms with Crippen LogP contribution in [0.1, 0.15) is 64.8 Å². The standard InChI is InChI=1S/C24H24N2O6S/c1-15-6-2-5-9-22(15)33(31,32)25-16-10-12-18-19(14-16)24(30)26(23(18)29)20-13-11-17(27)7-3-4-8-21(20)28/h2,5-6,9-10,12,14,20,25H,3-4,7-8,11,13H2,1H3. The molecule has 2 aromatic rings. The van der Waals surface area contributed by atoms with Crippen molar-refractivity contribution in [3.05, 3.63) is 59.2 Å². The number of hydrogen-bond donors (Lipinski definition) is 1.